The number of rotatable bonds is 6. The van der Waals surface area contributed by atoms with Crippen LogP contribution in [0.5, 0.6) is 0 Å². The van der Waals surface area contributed by atoms with Crippen molar-refractivity contribution in [3.63, 3.8) is 0 Å². The zero-order valence-electron chi connectivity index (χ0n) is 13.2. The average Bonchev–Trinajstić information content (AvgIpc) is 2.83. The summed E-state index contributed by atoms with van der Waals surface area (Å²) in [4.78, 5) is 23.8. The van der Waals surface area contributed by atoms with E-state index in [0.29, 0.717) is 11.3 Å². The third-order valence-electron chi connectivity index (χ3n) is 3.12. The molecule has 0 bridgehead atoms. The Kier molecular flexibility index (Phi) is 5.40. The molecular formula is C16H17NO6S. The maximum Gasteiger partial charge on any atom is 0.347 e. The van der Waals surface area contributed by atoms with Gasteiger partial charge in [-0.25, -0.2) is 18.0 Å². The Morgan fingerprint density at radius 2 is 1.75 bits per heavy atom. The van der Waals surface area contributed by atoms with Crippen LogP contribution in [0, 0.1) is 0 Å². The quantitative estimate of drug-likeness (QED) is 0.361. The van der Waals surface area contributed by atoms with Crippen LogP contribution in [-0.4, -0.2) is 33.6 Å². The van der Waals surface area contributed by atoms with E-state index in [1.54, 1.807) is 26.0 Å². The van der Waals surface area contributed by atoms with Crippen molar-refractivity contribution in [2.45, 2.75) is 18.7 Å². The number of nitrogens with one attached hydrogen (secondary N) is 1. The summed E-state index contributed by atoms with van der Waals surface area (Å²) >= 11 is 0. The summed E-state index contributed by atoms with van der Waals surface area (Å²) < 4.78 is 33.3. The largest absolute Gasteiger partial charge is 0.462 e. The SMILES string of the molecule is CCOC(=O)C(=CNc1ccc2c(c1)S(=O)(=O)C=C2)C(=O)OCC. The van der Waals surface area contributed by atoms with Crippen LogP contribution >= 0.6 is 0 Å². The Hall–Kier alpha value is -2.61. The molecule has 0 amide bonds. The van der Waals surface area contributed by atoms with Crippen molar-refractivity contribution in [1.82, 2.24) is 0 Å². The minimum atomic E-state index is -3.44. The molecule has 1 N–H and O–H groups in total. The van der Waals surface area contributed by atoms with Crippen molar-refractivity contribution in [3.8, 4) is 0 Å². The number of benzene rings is 1. The van der Waals surface area contributed by atoms with Crippen LogP contribution in [0.15, 0.2) is 40.3 Å². The summed E-state index contributed by atoms with van der Waals surface area (Å²) in [7, 11) is -3.44. The van der Waals surface area contributed by atoms with Gasteiger partial charge >= 0.3 is 11.9 Å². The van der Waals surface area contributed by atoms with E-state index in [9.17, 15) is 18.0 Å². The first kappa shape index (κ1) is 17.7. The highest BCUT2D eigenvalue weighted by Gasteiger charge is 2.22. The molecule has 0 radical (unpaired) electrons. The molecule has 0 unspecified atom stereocenters. The predicted molar refractivity (Wildman–Crippen MR) is 87.6 cm³/mol. The lowest BCUT2D eigenvalue weighted by Gasteiger charge is -2.08. The highest BCUT2D eigenvalue weighted by Crippen LogP contribution is 2.29. The van der Waals surface area contributed by atoms with E-state index in [4.69, 9.17) is 9.47 Å². The van der Waals surface area contributed by atoms with Gasteiger partial charge in [-0.1, -0.05) is 6.07 Å². The summed E-state index contributed by atoms with van der Waals surface area (Å²) in [5, 5.41) is 3.86. The minimum absolute atomic E-state index is 0.109. The molecule has 0 aliphatic carbocycles. The van der Waals surface area contributed by atoms with Crippen LogP contribution in [0.4, 0.5) is 5.69 Å². The topological polar surface area (TPSA) is 98.8 Å². The normalized spacial score (nSPS) is 13.8. The maximum absolute atomic E-state index is 11.9. The molecule has 1 aromatic rings. The molecule has 2 rings (SSSR count). The molecule has 0 spiro atoms. The van der Waals surface area contributed by atoms with Crippen LogP contribution in [0.25, 0.3) is 6.08 Å². The molecule has 128 valence electrons. The molecule has 0 saturated heterocycles. The summed E-state index contributed by atoms with van der Waals surface area (Å²) in [6, 6.07) is 4.69. The van der Waals surface area contributed by atoms with Gasteiger partial charge in [0.25, 0.3) is 0 Å². The van der Waals surface area contributed by atoms with Gasteiger partial charge in [0.15, 0.2) is 5.57 Å². The van der Waals surface area contributed by atoms with Crippen LogP contribution in [0.1, 0.15) is 19.4 Å². The number of sulfone groups is 1. The second kappa shape index (κ2) is 7.31. The van der Waals surface area contributed by atoms with Gasteiger partial charge in [-0.2, -0.15) is 0 Å². The predicted octanol–water partition coefficient (Wildman–Crippen LogP) is 1.87. The molecule has 0 fully saturated rings. The van der Waals surface area contributed by atoms with Gasteiger partial charge in [-0.15, -0.1) is 0 Å². The van der Waals surface area contributed by atoms with Gasteiger partial charge in [-0.3, -0.25) is 0 Å². The lowest BCUT2D eigenvalue weighted by molar-refractivity contribution is -0.146. The molecule has 1 aliphatic heterocycles. The van der Waals surface area contributed by atoms with Gasteiger partial charge in [0.05, 0.1) is 18.1 Å². The minimum Gasteiger partial charge on any atom is -0.462 e. The van der Waals surface area contributed by atoms with Gasteiger partial charge in [0.1, 0.15) is 0 Å². The number of anilines is 1. The number of esters is 2. The Morgan fingerprint density at radius 1 is 1.12 bits per heavy atom. The Balaban J connectivity index is 2.26. The molecule has 24 heavy (non-hydrogen) atoms. The van der Waals surface area contributed by atoms with E-state index in [1.165, 1.54) is 12.1 Å². The van der Waals surface area contributed by atoms with Crippen molar-refractivity contribution < 1.29 is 27.5 Å². The number of hydrogen-bond acceptors (Lipinski definition) is 7. The molecule has 7 nitrogen and oxygen atoms in total. The van der Waals surface area contributed by atoms with Crippen LogP contribution in [0.3, 0.4) is 0 Å². The number of carbonyl (C=O) groups excluding carboxylic acids is 2. The fraction of sp³-hybridized carbons (Fsp3) is 0.250. The van der Waals surface area contributed by atoms with E-state index in [0.717, 1.165) is 11.6 Å². The molecule has 0 saturated carbocycles. The second-order valence-corrected chi connectivity index (χ2v) is 6.55. The summed E-state index contributed by atoms with van der Waals surface area (Å²) in [6.45, 7) is 3.45. The highest BCUT2D eigenvalue weighted by molar-refractivity contribution is 7.94. The number of ether oxygens (including phenoxy) is 2. The molecule has 1 aliphatic rings. The maximum atomic E-state index is 11.9. The smallest absolute Gasteiger partial charge is 0.347 e. The Morgan fingerprint density at radius 3 is 2.33 bits per heavy atom. The van der Waals surface area contributed by atoms with E-state index in [-0.39, 0.29) is 23.7 Å². The molecule has 8 heteroatoms. The van der Waals surface area contributed by atoms with Gasteiger partial charge in [0, 0.05) is 17.3 Å². The number of carbonyl (C=O) groups is 2. The van der Waals surface area contributed by atoms with Crippen molar-refractivity contribution in [2.24, 2.45) is 0 Å². The number of fused-ring (bicyclic) bond motifs is 1. The molecule has 0 atom stereocenters. The molecule has 1 heterocycles. The first-order chi connectivity index (χ1) is 11.4. The monoisotopic (exact) mass is 351 g/mol. The molecule has 0 aromatic heterocycles. The van der Waals surface area contributed by atoms with Crippen LogP contribution < -0.4 is 5.32 Å². The first-order valence-electron chi connectivity index (χ1n) is 7.27. The third-order valence-corrected chi connectivity index (χ3v) is 4.58. The Bertz CT molecular complexity index is 803. The fourth-order valence-corrected chi connectivity index (χ4v) is 3.25. The zero-order chi connectivity index (χ0) is 17.7. The van der Waals surface area contributed by atoms with Crippen molar-refractivity contribution in [2.75, 3.05) is 18.5 Å². The Labute approximate surface area is 139 Å². The summed E-state index contributed by atoms with van der Waals surface area (Å²) in [5.41, 5.74) is 0.688. The van der Waals surface area contributed by atoms with E-state index in [1.807, 2.05) is 0 Å². The fourth-order valence-electron chi connectivity index (χ4n) is 2.02. The van der Waals surface area contributed by atoms with Gasteiger partial charge < -0.3 is 14.8 Å². The van der Waals surface area contributed by atoms with Gasteiger partial charge in [-0.05, 0) is 37.6 Å². The van der Waals surface area contributed by atoms with Crippen molar-refractivity contribution >= 4 is 33.5 Å². The lowest BCUT2D eigenvalue weighted by Crippen LogP contribution is -2.19. The van der Waals surface area contributed by atoms with E-state index >= 15 is 0 Å². The highest BCUT2D eigenvalue weighted by atomic mass is 32.2. The summed E-state index contributed by atoms with van der Waals surface area (Å²) in [5.74, 6) is -1.64. The summed E-state index contributed by atoms with van der Waals surface area (Å²) in [6.07, 6.45) is 2.65. The molecule has 1 aromatic carbocycles. The van der Waals surface area contributed by atoms with Gasteiger partial charge in [0.2, 0.25) is 9.84 Å². The zero-order valence-corrected chi connectivity index (χ0v) is 14.1. The van der Waals surface area contributed by atoms with Crippen molar-refractivity contribution in [1.29, 1.82) is 0 Å². The third kappa shape index (κ3) is 3.83. The standard InChI is InChI=1S/C16H17NO6S/c1-3-22-15(18)13(16(19)23-4-2)10-17-12-6-5-11-7-8-24(20,21)14(11)9-12/h5-10,17H,3-4H2,1-2H3. The lowest BCUT2D eigenvalue weighted by atomic mass is 10.2. The molecular weight excluding hydrogens is 334 g/mol. The average molecular weight is 351 g/mol. The second-order valence-electron chi connectivity index (χ2n) is 4.74. The van der Waals surface area contributed by atoms with E-state index in [2.05, 4.69) is 5.32 Å². The number of hydrogen-bond donors (Lipinski definition) is 1. The van der Waals surface area contributed by atoms with Crippen LogP contribution in [0.2, 0.25) is 0 Å². The van der Waals surface area contributed by atoms with Crippen LogP contribution in [-0.2, 0) is 28.9 Å². The van der Waals surface area contributed by atoms with E-state index < -0.39 is 21.8 Å². The van der Waals surface area contributed by atoms with Crippen molar-refractivity contribution in [3.05, 3.63) is 40.9 Å². The first-order valence-corrected chi connectivity index (χ1v) is 8.81.